The molecule has 19 heavy (non-hydrogen) atoms. The fraction of sp³-hybridized carbons (Fsp3) is 0.533. The van der Waals surface area contributed by atoms with Crippen molar-refractivity contribution in [3.63, 3.8) is 0 Å². The third-order valence-electron chi connectivity index (χ3n) is 3.18. The maximum atomic E-state index is 12.0. The minimum atomic E-state index is -0.246. The van der Waals surface area contributed by atoms with Crippen LogP contribution < -0.4 is 0 Å². The van der Waals surface area contributed by atoms with Gasteiger partial charge in [-0.3, -0.25) is 4.90 Å². The predicted molar refractivity (Wildman–Crippen MR) is 73.3 cm³/mol. The van der Waals surface area contributed by atoms with E-state index in [0.717, 1.165) is 38.4 Å². The normalized spacial score (nSPS) is 18.0. The van der Waals surface area contributed by atoms with Gasteiger partial charge in [-0.2, -0.15) is 0 Å². The van der Waals surface area contributed by atoms with Crippen molar-refractivity contribution in [3.05, 3.63) is 35.4 Å². The number of hydrogen-bond donors (Lipinski definition) is 0. The van der Waals surface area contributed by atoms with Gasteiger partial charge < -0.3 is 9.47 Å². The molecule has 0 saturated carbocycles. The lowest BCUT2D eigenvalue weighted by Crippen LogP contribution is -2.41. The minimum Gasteiger partial charge on any atom is -0.458 e. The quantitative estimate of drug-likeness (QED) is 0.777. The molecule has 1 fully saturated rings. The highest BCUT2D eigenvalue weighted by molar-refractivity contribution is 5.89. The molecule has 1 heterocycles. The molecular weight excluding hydrogens is 242 g/mol. The summed E-state index contributed by atoms with van der Waals surface area (Å²) in [5, 5.41) is 0. The summed E-state index contributed by atoms with van der Waals surface area (Å²) >= 11 is 0. The predicted octanol–water partition coefficient (Wildman–Crippen LogP) is 1.87. The van der Waals surface area contributed by atoms with Gasteiger partial charge in [0.25, 0.3) is 0 Å². The Morgan fingerprint density at radius 1 is 1.42 bits per heavy atom. The maximum Gasteiger partial charge on any atom is 0.338 e. The standard InChI is InChI=1S/C15H21NO3/c1-12-4-3-5-14(10-12)15(17)19-13(2)11-16-6-8-18-9-7-16/h3-5,10,13H,6-9,11H2,1-2H3/t13-/m0/s1. The van der Waals surface area contributed by atoms with Crippen molar-refractivity contribution in [3.8, 4) is 0 Å². The smallest absolute Gasteiger partial charge is 0.338 e. The summed E-state index contributed by atoms with van der Waals surface area (Å²) in [5.74, 6) is -0.246. The molecule has 1 saturated heterocycles. The lowest BCUT2D eigenvalue weighted by Gasteiger charge is -2.28. The first-order valence-electron chi connectivity index (χ1n) is 6.73. The van der Waals surface area contributed by atoms with Gasteiger partial charge in [-0.15, -0.1) is 0 Å². The van der Waals surface area contributed by atoms with E-state index < -0.39 is 0 Å². The van der Waals surface area contributed by atoms with Crippen LogP contribution in [0.5, 0.6) is 0 Å². The van der Waals surface area contributed by atoms with Gasteiger partial charge in [-0.05, 0) is 26.0 Å². The molecule has 0 N–H and O–H groups in total. The summed E-state index contributed by atoms with van der Waals surface area (Å²) < 4.78 is 10.8. The van der Waals surface area contributed by atoms with Gasteiger partial charge in [0, 0.05) is 19.6 Å². The van der Waals surface area contributed by atoms with E-state index in [0.29, 0.717) is 5.56 Å². The molecule has 0 spiro atoms. The molecule has 2 rings (SSSR count). The van der Waals surface area contributed by atoms with Gasteiger partial charge in [-0.25, -0.2) is 4.79 Å². The lowest BCUT2D eigenvalue weighted by molar-refractivity contribution is 0.000442. The van der Waals surface area contributed by atoms with Crippen molar-refractivity contribution in [1.29, 1.82) is 0 Å². The Morgan fingerprint density at radius 2 is 2.16 bits per heavy atom. The summed E-state index contributed by atoms with van der Waals surface area (Å²) in [6.45, 7) is 8.01. The van der Waals surface area contributed by atoms with E-state index in [1.807, 2.05) is 32.0 Å². The van der Waals surface area contributed by atoms with Crippen LogP contribution in [-0.2, 0) is 9.47 Å². The monoisotopic (exact) mass is 263 g/mol. The molecular formula is C15H21NO3. The molecule has 1 atom stereocenters. The number of esters is 1. The number of ether oxygens (including phenoxy) is 2. The zero-order chi connectivity index (χ0) is 13.7. The first kappa shape index (κ1) is 14.0. The largest absolute Gasteiger partial charge is 0.458 e. The highest BCUT2D eigenvalue weighted by Gasteiger charge is 2.17. The Labute approximate surface area is 114 Å². The van der Waals surface area contributed by atoms with Gasteiger partial charge in [-0.1, -0.05) is 17.7 Å². The third kappa shape index (κ3) is 4.33. The molecule has 1 aromatic carbocycles. The number of rotatable bonds is 4. The fourth-order valence-electron chi connectivity index (χ4n) is 2.21. The molecule has 0 amide bonds. The second-order valence-electron chi connectivity index (χ2n) is 5.00. The van der Waals surface area contributed by atoms with Gasteiger partial charge in [0.2, 0.25) is 0 Å². The van der Waals surface area contributed by atoms with Gasteiger partial charge >= 0.3 is 5.97 Å². The Hall–Kier alpha value is -1.39. The summed E-state index contributed by atoms with van der Waals surface area (Å²) in [6.07, 6.45) is -0.105. The molecule has 0 aliphatic carbocycles. The summed E-state index contributed by atoms with van der Waals surface area (Å²) in [6, 6.07) is 7.48. The average Bonchev–Trinajstić information content (AvgIpc) is 2.39. The zero-order valence-electron chi connectivity index (χ0n) is 11.6. The van der Waals surface area contributed by atoms with Crippen molar-refractivity contribution in [1.82, 2.24) is 4.90 Å². The van der Waals surface area contributed by atoms with Crippen molar-refractivity contribution in [2.45, 2.75) is 20.0 Å². The number of benzene rings is 1. The molecule has 0 aromatic heterocycles. The van der Waals surface area contributed by atoms with E-state index in [2.05, 4.69) is 4.90 Å². The summed E-state index contributed by atoms with van der Waals surface area (Å²) in [5.41, 5.74) is 1.68. The molecule has 0 bridgehead atoms. The van der Waals surface area contributed by atoms with E-state index in [4.69, 9.17) is 9.47 Å². The molecule has 1 aliphatic heterocycles. The van der Waals surface area contributed by atoms with Crippen LogP contribution in [0, 0.1) is 6.92 Å². The van der Waals surface area contributed by atoms with Crippen LogP contribution in [-0.4, -0.2) is 49.8 Å². The van der Waals surface area contributed by atoms with Gasteiger partial charge in [0.05, 0.1) is 18.8 Å². The first-order chi connectivity index (χ1) is 9.15. The second kappa shape index (κ2) is 6.68. The van der Waals surface area contributed by atoms with Crippen LogP contribution in [0.2, 0.25) is 0 Å². The molecule has 0 radical (unpaired) electrons. The Balaban J connectivity index is 1.84. The molecule has 1 aliphatic rings. The molecule has 1 aromatic rings. The van der Waals surface area contributed by atoms with Crippen LogP contribution in [0.4, 0.5) is 0 Å². The minimum absolute atomic E-state index is 0.105. The third-order valence-corrected chi connectivity index (χ3v) is 3.18. The van der Waals surface area contributed by atoms with E-state index in [-0.39, 0.29) is 12.1 Å². The molecule has 0 unspecified atom stereocenters. The van der Waals surface area contributed by atoms with Gasteiger partial charge in [0.1, 0.15) is 6.10 Å². The van der Waals surface area contributed by atoms with Crippen LogP contribution in [0.25, 0.3) is 0 Å². The van der Waals surface area contributed by atoms with Crippen molar-refractivity contribution in [2.24, 2.45) is 0 Å². The number of aryl methyl sites for hydroxylation is 1. The summed E-state index contributed by atoms with van der Waals surface area (Å²) in [7, 11) is 0. The fourth-order valence-corrected chi connectivity index (χ4v) is 2.21. The number of carbonyl (C=O) groups is 1. The van der Waals surface area contributed by atoms with E-state index in [1.165, 1.54) is 0 Å². The van der Waals surface area contributed by atoms with Crippen LogP contribution >= 0.6 is 0 Å². The molecule has 104 valence electrons. The second-order valence-corrected chi connectivity index (χ2v) is 5.00. The lowest BCUT2D eigenvalue weighted by atomic mass is 10.1. The van der Waals surface area contributed by atoms with E-state index in [9.17, 15) is 4.79 Å². The number of morpholine rings is 1. The van der Waals surface area contributed by atoms with Crippen LogP contribution in [0.1, 0.15) is 22.8 Å². The highest BCUT2D eigenvalue weighted by Crippen LogP contribution is 2.08. The highest BCUT2D eigenvalue weighted by atomic mass is 16.5. The van der Waals surface area contributed by atoms with E-state index in [1.54, 1.807) is 6.07 Å². The SMILES string of the molecule is Cc1cccc(C(=O)O[C@@H](C)CN2CCOCC2)c1. The number of nitrogens with zero attached hydrogens (tertiary/aromatic N) is 1. The zero-order valence-corrected chi connectivity index (χ0v) is 11.6. The van der Waals surface area contributed by atoms with Crippen LogP contribution in [0.15, 0.2) is 24.3 Å². The first-order valence-corrected chi connectivity index (χ1v) is 6.73. The number of hydrogen-bond acceptors (Lipinski definition) is 4. The molecule has 4 nitrogen and oxygen atoms in total. The Kier molecular flexibility index (Phi) is 4.93. The van der Waals surface area contributed by atoms with E-state index >= 15 is 0 Å². The van der Waals surface area contributed by atoms with Crippen molar-refractivity contribution in [2.75, 3.05) is 32.8 Å². The molecule has 4 heteroatoms. The topological polar surface area (TPSA) is 38.8 Å². The Morgan fingerprint density at radius 3 is 2.84 bits per heavy atom. The number of carbonyl (C=O) groups excluding carboxylic acids is 1. The average molecular weight is 263 g/mol. The Bertz CT molecular complexity index is 427. The summed E-state index contributed by atoms with van der Waals surface area (Å²) in [4.78, 5) is 14.2. The van der Waals surface area contributed by atoms with Crippen molar-refractivity contribution >= 4 is 5.97 Å². The van der Waals surface area contributed by atoms with Crippen LogP contribution in [0.3, 0.4) is 0 Å². The maximum absolute atomic E-state index is 12.0. The van der Waals surface area contributed by atoms with Gasteiger partial charge in [0.15, 0.2) is 0 Å². The van der Waals surface area contributed by atoms with Crippen molar-refractivity contribution < 1.29 is 14.3 Å².